The maximum Gasteiger partial charge on any atom is 0.252 e. The van der Waals surface area contributed by atoms with Crippen LogP contribution in [0.15, 0.2) is 43.1 Å². The van der Waals surface area contributed by atoms with E-state index in [1.807, 2.05) is 0 Å². The number of benzene rings is 1. The number of nitrogens with one attached hydrogen (secondary N) is 1. The molecule has 0 fully saturated rings. The Hall–Kier alpha value is -3.69. The van der Waals surface area contributed by atoms with Crippen molar-refractivity contribution in [1.82, 2.24) is 34.7 Å². The summed E-state index contributed by atoms with van der Waals surface area (Å²) in [5.41, 5.74) is 2.58. The summed E-state index contributed by atoms with van der Waals surface area (Å²) in [6, 6.07) is 3.19. The quantitative estimate of drug-likeness (QED) is 0.559. The lowest BCUT2D eigenvalue weighted by atomic mass is 9.92. The van der Waals surface area contributed by atoms with Gasteiger partial charge in [0.1, 0.15) is 17.8 Å². The van der Waals surface area contributed by atoms with Gasteiger partial charge in [-0.25, -0.2) is 23.0 Å². The summed E-state index contributed by atoms with van der Waals surface area (Å²) in [7, 11) is 0. The summed E-state index contributed by atoms with van der Waals surface area (Å²) >= 11 is 0. The summed E-state index contributed by atoms with van der Waals surface area (Å²) in [6.45, 7) is 0. The molecule has 0 aliphatic heterocycles. The summed E-state index contributed by atoms with van der Waals surface area (Å²) < 4.78 is 30.5. The Morgan fingerprint density at radius 3 is 2.97 bits per heavy atom. The van der Waals surface area contributed by atoms with Gasteiger partial charge in [-0.15, -0.1) is 0 Å². The van der Waals surface area contributed by atoms with Crippen LogP contribution in [-0.2, 0) is 17.6 Å². The molecule has 8 nitrogen and oxygen atoms in total. The van der Waals surface area contributed by atoms with Crippen molar-refractivity contribution in [2.45, 2.75) is 31.7 Å². The summed E-state index contributed by atoms with van der Waals surface area (Å²) in [4.78, 5) is 20.8. The SMILES string of the molecule is O=C(Cc1cnc2ncnn2c1)NC1CCCc2c1cnn2-c1ccc(F)cc1F. The molecule has 4 aromatic rings. The molecule has 5 rings (SSSR count). The maximum absolute atomic E-state index is 14.2. The molecule has 1 amide bonds. The Labute approximate surface area is 169 Å². The molecular weight excluding hydrogens is 392 g/mol. The molecule has 30 heavy (non-hydrogen) atoms. The third-order valence-corrected chi connectivity index (χ3v) is 5.21. The number of nitrogens with zero attached hydrogens (tertiary/aromatic N) is 6. The highest BCUT2D eigenvalue weighted by atomic mass is 19.1. The Bertz CT molecular complexity index is 1250. The highest BCUT2D eigenvalue weighted by molar-refractivity contribution is 5.79. The highest BCUT2D eigenvalue weighted by Gasteiger charge is 2.27. The second-order valence-electron chi connectivity index (χ2n) is 7.21. The fourth-order valence-corrected chi connectivity index (χ4v) is 3.85. The van der Waals surface area contributed by atoms with Crippen molar-refractivity contribution in [2.75, 3.05) is 0 Å². The third kappa shape index (κ3) is 3.30. The molecule has 10 heteroatoms. The Morgan fingerprint density at radius 1 is 1.20 bits per heavy atom. The molecule has 1 unspecified atom stereocenters. The minimum absolute atomic E-state index is 0.148. The van der Waals surface area contributed by atoms with E-state index in [0.717, 1.165) is 30.2 Å². The lowest BCUT2D eigenvalue weighted by molar-refractivity contribution is -0.121. The van der Waals surface area contributed by atoms with E-state index in [1.165, 1.54) is 27.7 Å². The highest BCUT2D eigenvalue weighted by Crippen LogP contribution is 2.31. The molecule has 0 bridgehead atoms. The number of hydrogen-bond donors (Lipinski definition) is 1. The first kappa shape index (κ1) is 18.3. The molecule has 1 aliphatic carbocycles. The number of halogens is 2. The van der Waals surface area contributed by atoms with Crippen LogP contribution in [0.4, 0.5) is 8.78 Å². The van der Waals surface area contributed by atoms with Crippen LogP contribution in [0.25, 0.3) is 11.5 Å². The summed E-state index contributed by atoms with van der Waals surface area (Å²) in [6.07, 6.45) is 8.79. The zero-order chi connectivity index (χ0) is 20.7. The van der Waals surface area contributed by atoms with Gasteiger partial charge in [0.25, 0.3) is 5.78 Å². The molecule has 1 N–H and O–H groups in total. The number of aromatic nitrogens is 6. The topological polar surface area (TPSA) is 90.0 Å². The van der Waals surface area contributed by atoms with E-state index in [0.29, 0.717) is 17.8 Å². The van der Waals surface area contributed by atoms with Gasteiger partial charge in [0.05, 0.1) is 18.7 Å². The Balaban J connectivity index is 1.35. The van der Waals surface area contributed by atoms with E-state index >= 15 is 0 Å². The van der Waals surface area contributed by atoms with Crippen LogP contribution >= 0.6 is 0 Å². The zero-order valence-corrected chi connectivity index (χ0v) is 15.8. The normalized spacial score (nSPS) is 15.9. The summed E-state index contributed by atoms with van der Waals surface area (Å²) in [5, 5.41) is 11.4. The molecule has 1 aromatic carbocycles. The van der Waals surface area contributed by atoms with Crippen LogP contribution in [0, 0.1) is 11.6 Å². The van der Waals surface area contributed by atoms with Crippen molar-refractivity contribution in [3.05, 3.63) is 71.6 Å². The van der Waals surface area contributed by atoms with Crippen LogP contribution in [0.5, 0.6) is 0 Å². The van der Waals surface area contributed by atoms with Crippen molar-refractivity contribution >= 4 is 11.7 Å². The van der Waals surface area contributed by atoms with Gasteiger partial charge in [-0.3, -0.25) is 4.79 Å². The van der Waals surface area contributed by atoms with Crippen molar-refractivity contribution in [1.29, 1.82) is 0 Å². The van der Waals surface area contributed by atoms with E-state index in [1.54, 1.807) is 18.6 Å². The van der Waals surface area contributed by atoms with E-state index < -0.39 is 11.6 Å². The van der Waals surface area contributed by atoms with Crippen LogP contribution in [0.3, 0.4) is 0 Å². The van der Waals surface area contributed by atoms with Crippen molar-refractivity contribution < 1.29 is 13.6 Å². The van der Waals surface area contributed by atoms with Gasteiger partial charge in [-0.2, -0.15) is 15.2 Å². The second-order valence-corrected chi connectivity index (χ2v) is 7.21. The summed E-state index contributed by atoms with van der Waals surface area (Å²) in [5.74, 6) is -1.00. The lowest BCUT2D eigenvalue weighted by Crippen LogP contribution is -2.32. The van der Waals surface area contributed by atoms with Crippen molar-refractivity contribution in [2.24, 2.45) is 0 Å². The minimum atomic E-state index is -0.678. The van der Waals surface area contributed by atoms with Crippen LogP contribution in [0.1, 0.15) is 35.7 Å². The third-order valence-electron chi connectivity index (χ3n) is 5.21. The van der Waals surface area contributed by atoms with Crippen LogP contribution in [0.2, 0.25) is 0 Å². The van der Waals surface area contributed by atoms with Gasteiger partial charge < -0.3 is 5.32 Å². The van der Waals surface area contributed by atoms with Gasteiger partial charge in [0, 0.05) is 29.7 Å². The fourth-order valence-electron chi connectivity index (χ4n) is 3.85. The number of amides is 1. The maximum atomic E-state index is 14.2. The van der Waals surface area contributed by atoms with Crippen molar-refractivity contribution in [3.8, 4) is 5.69 Å². The monoisotopic (exact) mass is 409 g/mol. The Kier molecular flexibility index (Phi) is 4.46. The molecule has 0 radical (unpaired) electrons. The predicted octanol–water partition coefficient (Wildman–Crippen LogP) is 2.32. The average Bonchev–Trinajstić information content (AvgIpc) is 3.35. The number of carbonyl (C=O) groups excluding carboxylic acids is 1. The number of rotatable bonds is 4. The fraction of sp³-hybridized carbons (Fsp3) is 0.250. The first-order valence-electron chi connectivity index (χ1n) is 9.54. The molecule has 0 saturated heterocycles. The molecule has 152 valence electrons. The van der Waals surface area contributed by atoms with Gasteiger partial charge >= 0.3 is 0 Å². The number of carbonyl (C=O) groups is 1. The van der Waals surface area contributed by atoms with E-state index in [9.17, 15) is 13.6 Å². The van der Waals surface area contributed by atoms with Gasteiger partial charge in [-0.1, -0.05) is 0 Å². The predicted molar refractivity (Wildman–Crippen MR) is 102 cm³/mol. The first-order valence-corrected chi connectivity index (χ1v) is 9.54. The molecule has 3 aromatic heterocycles. The van der Waals surface area contributed by atoms with Crippen LogP contribution in [-0.4, -0.2) is 35.3 Å². The Morgan fingerprint density at radius 2 is 2.10 bits per heavy atom. The number of fused-ring (bicyclic) bond motifs is 2. The molecule has 1 atom stereocenters. The van der Waals surface area contributed by atoms with E-state index in [-0.39, 0.29) is 24.1 Å². The largest absolute Gasteiger partial charge is 0.349 e. The second kappa shape index (κ2) is 7.29. The van der Waals surface area contributed by atoms with Crippen LogP contribution < -0.4 is 5.32 Å². The number of hydrogen-bond acceptors (Lipinski definition) is 5. The van der Waals surface area contributed by atoms with Gasteiger partial charge in [0.15, 0.2) is 5.82 Å². The van der Waals surface area contributed by atoms with Gasteiger partial charge in [-0.05, 0) is 37.0 Å². The first-order chi connectivity index (χ1) is 14.6. The standard InChI is InChI=1S/C20H17F2N7O/c21-13-4-5-18(15(22)7-13)29-17-3-1-2-16(14(17)9-25-29)27-19(30)6-12-8-23-20-24-11-26-28(20)10-12/h4-5,7-11,16H,1-3,6H2,(H,27,30). The molecule has 3 heterocycles. The van der Waals surface area contributed by atoms with E-state index in [4.69, 9.17) is 0 Å². The smallest absolute Gasteiger partial charge is 0.252 e. The minimum Gasteiger partial charge on any atom is -0.349 e. The molecule has 0 spiro atoms. The average molecular weight is 409 g/mol. The lowest BCUT2D eigenvalue weighted by Gasteiger charge is -2.24. The van der Waals surface area contributed by atoms with E-state index in [2.05, 4.69) is 25.5 Å². The molecule has 0 saturated carbocycles. The molecular formula is C20H17F2N7O. The molecule has 1 aliphatic rings. The van der Waals surface area contributed by atoms with Gasteiger partial charge in [0.2, 0.25) is 5.91 Å². The van der Waals surface area contributed by atoms with Crippen molar-refractivity contribution in [3.63, 3.8) is 0 Å². The zero-order valence-electron chi connectivity index (χ0n) is 15.8.